The number of nitrogens with two attached hydrogens (primary N) is 1. The Morgan fingerprint density at radius 3 is 2.57 bits per heavy atom. The minimum atomic E-state index is -4.04. The minimum absolute atomic E-state index is 0.0989. The van der Waals surface area contributed by atoms with E-state index in [-0.39, 0.29) is 22.8 Å². The molecule has 1 unspecified atom stereocenters. The number of likely N-dealkylation sites (tertiary alicyclic amines) is 1. The third-order valence-electron chi connectivity index (χ3n) is 3.16. The molecule has 2 amide bonds. The van der Waals surface area contributed by atoms with E-state index in [1.807, 2.05) is 0 Å². The number of carbonyl (C=O) groups excluding carboxylic acids is 2. The first kappa shape index (κ1) is 15.3. The topological polar surface area (TPSA) is 119 Å². The number of carbonyl (C=O) groups is 2. The van der Waals surface area contributed by atoms with E-state index in [0.717, 1.165) is 4.90 Å². The first-order chi connectivity index (χ1) is 9.76. The molecule has 0 radical (unpaired) electrons. The van der Waals surface area contributed by atoms with Crippen LogP contribution in [0.4, 0.5) is 5.69 Å². The van der Waals surface area contributed by atoms with Crippen molar-refractivity contribution in [2.24, 2.45) is 0 Å². The van der Waals surface area contributed by atoms with Gasteiger partial charge in [0.2, 0.25) is 21.8 Å². The van der Waals surface area contributed by atoms with Gasteiger partial charge in [0, 0.05) is 12.7 Å². The van der Waals surface area contributed by atoms with Crippen LogP contribution in [0.2, 0.25) is 0 Å². The molecule has 1 fully saturated rings. The van der Waals surface area contributed by atoms with Gasteiger partial charge in [0.15, 0.2) is 0 Å². The summed E-state index contributed by atoms with van der Waals surface area (Å²) in [5, 5.41) is 0. The van der Waals surface area contributed by atoms with E-state index in [1.165, 1.54) is 32.4 Å². The van der Waals surface area contributed by atoms with Crippen LogP contribution in [0.25, 0.3) is 0 Å². The minimum Gasteiger partial charge on any atom is -0.495 e. The fourth-order valence-electron chi connectivity index (χ4n) is 2.00. The summed E-state index contributed by atoms with van der Waals surface area (Å²) in [6.07, 6.45) is -0.209. The molecular formula is C12H15N3O5S. The molecule has 0 aromatic heterocycles. The van der Waals surface area contributed by atoms with E-state index >= 15 is 0 Å². The van der Waals surface area contributed by atoms with Crippen molar-refractivity contribution in [1.29, 1.82) is 0 Å². The zero-order chi connectivity index (χ0) is 15.8. The number of nitrogens with zero attached hydrogens (tertiary/aromatic N) is 1. The number of sulfonamides is 1. The number of benzene rings is 1. The van der Waals surface area contributed by atoms with Gasteiger partial charge in [-0.1, -0.05) is 0 Å². The number of amides is 2. The molecule has 0 bridgehead atoms. The standard InChI is InChI=1S/C12H15N3O5S/c1-15-11(16)6-8(12(15)17)14-21(18,19)10-5-7(13)3-4-9(10)20-2/h3-5,8,14H,6,13H2,1-2H3. The quantitative estimate of drug-likeness (QED) is 0.561. The molecule has 114 valence electrons. The number of anilines is 1. The maximum atomic E-state index is 12.4. The Bertz CT molecular complexity index is 701. The summed E-state index contributed by atoms with van der Waals surface area (Å²) in [5.41, 5.74) is 5.82. The molecule has 1 aliphatic rings. The maximum Gasteiger partial charge on any atom is 0.247 e. The van der Waals surface area contributed by atoms with Crippen molar-refractivity contribution in [2.75, 3.05) is 19.9 Å². The Kier molecular flexibility index (Phi) is 3.88. The molecule has 1 aliphatic heterocycles. The highest BCUT2D eigenvalue weighted by Gasteiger charge is 2.39. The predicted molar refractivity (Wildman–Crippen MR) is 73.9 cm³/mol. The largest absolute Gasteiger partial charge is 0.495 e. The molecule has 9 heteroatoms. The van der Waals surface area contributed by atoms with Gasteiger partial charge in [-0.25, -0.2) is 8.42 Å². The Balaban J connectivity index is 2.34. The fraction of sp³-hybridized carbons (Fsp3) is 0.333. The number of hydrogen-bond donors (Lipinski definition) is 2. The normalized spacial score (nSPS) is 19.1. The molecule has 1 aromatic carbocycles. The number of imide groups is 1. The molecule has 1 aromatic rings. The molecule has 0 spiro atoms. The maximum absolute atomic E-state index is 12.4. The van der Waals surface area contributed by atoms with Crippen LogP contribution in [0, 0.1) is 0 Å². The number of nitrogen functional groups attached to an aromatic ring is 1. The van der Waals surface area contributed by atoms with Crippen LogP contribution < -0.4 is 15.2 Å². The fourth-order valence-corrected chi connectivity index (χ4v) is 3.39. The lowest BCUT2D eigenvalue weighted by atomic mass is 10.3. The van der Waals surface area contributed by atoms with Crippen molar-refractivity contribution in [3.05, 3.63) is 18.2 Å². The van der Waals surface area contributed by atoms with Crippen LogP contribution in [0.15, 0.2) is 23.1 Å². The van der Waals surface area contributed by atoms with Crippen molar-refractivity contribution in [3.63, 3.8) is 0 Å². The SMILES string of the molecule is COc1ccc(N)cc1S(=O)(=O)NC1CC(=O)N(C)C1=O. The highest BCUT2D eigenvalue weighted by molar-refractivity contribution is 7.89. The molecule has 0 saturated carbocycles. The van der Waals surface area contributed by atoms with E-state index in [1.54, 1.807) is 0 Å². The Hall–Kier alpha value is -2.13. The number of ether oxygens (including phenoxy) is 1. The lowest BCUT2D eigenvalue weighted by Gasteiger charge is -2.14. The molecular weight excluding hydrogens is 298 g/mol. The van der Waals surface area contributed by atoms with Gasteiger partial charge in [-0.3, -0.25) is 14.5 Å². The van der Waals surface area contributed by atoms with E-state index in [2.05, 4.69) is 4.72 Å². The summed E-state index contributed by atoms with van der Waals surface area (Å²) >= 11 is 0. The lowest BCUT2D eigenvalue weighted by Crippen LogP contribution is -2.40. The second-order valence-electron chi connectivity index (χ2n) is 4.58. The van der Waals surface area contributed by atoms with Crippen LogP contribution in [0.5, 0.6) is 5.75 Å². The third kappa shape index (κ3) is 2.83. The summed E-state index contributed by atoms with van der Waals surface area (Å²) < 4.78 is 31.9. The number of nitrogens with one attached hydrogen (secondary N) is 1. The summed E-state index contributed by atoms with van der Waals surface area (Å²) in [6.45, 7) is 0. The van der Waals surface area contributed by atoms with Crippen LogP contribution in [0.3, 0.4) is 0 Å². The predicted octanol–water partition coefficient (Wildman–Crippen LogP) is -0.687. The Morgan fingerprint density at radius 2 is 2.05 bits per heavy atom. The van der Waals surface area contributed by atoms with Gasteiger partial charge in [-0.05, 0) is 18.2 Å². The van der Waals surface area contributed by atoms with Gasteiger partial charge in [0.25, 0.3) is 0 Å². The number of methoxy groups -OCH3 is 1. The average molecular weight is 313 g/mol. The highest BCUT2D eigenvalue weighted by Crippen LogP contribution is 2.26. The van der Waals surface area contributed by atoms with E-state index in [4.69, 9.17) is 10.5 Å². The molecule has 2 rings (SSSR count). The summed E-state index contributed by atoms with van der Waals surface area (Å²) in [4.78, 5) is 23.9. The molecule has 8 nitrogen and oxygen atoms in total. The second-order valence-corrected chi connectivity index (χ2v) is 6.26. The molecule has 1 saturated heterocycles. The zero-order valence-electron chi connectivity index (χ0n) is 11.5. The third-order valence-corrected chi connectivity index (χ3v) is 4.65. The van der Waals surface area contributed by atoms with Crippen molar-refractivity contribution in [2.45, 2.75) is 17.4 Å². The Labute approximate surface area is 121 Å². The summed E-state index contributed by atoms with van der Waals surface area (Å²) in [7, 11) is -1.42. The summed E-state index contributed by atoms with van der Waals surface area (Å²) in [6, 6.07) is 3.03. The molecule has 0 aliphatic carbocycles. The van der Waals surface area contributed by atoms with Gasteiger partial charge in [-0.15, -0.1) is 0 Å². The van der Waals surface area contributed by atoms with Crippen molar-refractivity contribution in [1.82, 2.24) is 9.62 Å². The first-order valence-corrected chi connectivity index (χ1v) is 7.51. The molecule has 3 N–H and O–H groups in total. The molecule has 21 heavy (non-hydrogen) atoms. The van der Waals surface area contributed by atoms with Crippen LogP contribution in [0.1, 0.15) is 6.42 Å². The van der Waals surface area contributed by atoms with Gasteiger partial charge in [0.05, 0.1) is 13.5 Å². The van der Waals surface area contributed by atoms with Gasteiger partial charge >= 0.3 is 0 Å². The Morgan fingerprint density at radius 1 is 1.38 bits per heavy atom. The van der Waals surface area contributed by atoms with Gasteiger partial charge in [0.1, 0.15) is 16.7 Å². The van der Waals surface area contributed by atoms with Crippen LogP contribution >= 0.6 is 0 Å². The average Bonchev–Trinajstić information content (AvgIpc) is 2.66. The van der Waals surface area contributed by atoms with Crippen LogP contribution in [-0.4, -0.2) is 45.3 Å². The van der Waals surface area contributed by atoms with Crippen molar-refractivity contribution in [3.8, 4) is 5.75 Å². The highest BCUT2D eigenvalue weighted by atomic mass is 32.2. The lowest BCUT2D eigenvalue weighted by molar-refractivity contribution is -0.137. The van der Waals surface area contributed by atoms with Crippen LogP contribution in [-0.2, 0) is 19.6 Å². The van der Waals surface area contributed by atoms with Crippen molar-refractivity contribution >= 4 is 27.5 Å². The van der Waals surface area contributed by atoms with Gasteiger partial charge < -0.3 is 10.5 Å². The van der Waals surface area contributed by atoms with Crippen molar-refractivity contribution < 1.29 is 22.7 Å². The number of likely N-dealkylation sites (N-methyl/N-ethyl adjacent to an activating group) is 1. The summed E-state index contributed by atoms with van der Waals surface area (Å²) in [5.74, 6) is -0.930. The number of hydrogen-bond acceptors (Lipinski definition) is 6. The smallest absolute Gasteiger partial charge is 0.247 e. The first-order valence-electron chi connectivity index (χ1n) is 6.02. The number of rotatable bonds is 4. The molecule has 1 heterocycles. The van der Waals surface area contributed by atoms with E-state index < -0.39 is 27.9 Å². The molecule has 1 atom stereocenters. The van der Waals surface area contributed by atoms with Gasteiger partial charge in [-0.2, -0.15) is 4.72 Å². The van der Waals surface area contributed by atoms with E-state index in [0.29, 0.717) is 0 Å². The monoisotopic (exact) mass is 313 g/mol. The zero-order valence-corrected chi connectivity index (χ0v) is 12.3. The van der Waals surface area contributed by atoms with E-state index in [9.17, 15) is 18.0 Å². The second kappa shape index (κ2) is 5.34.